The van der Waals surface area contributed by atoms with E-state index in [9.17, 15) is 0 Å². The van der Waals surface area contributed by atoms with E-state index in [4.69, 9.17) is 18.0 Å². The molecule has 1 atom stereocenters. The number of hydrogen-bond donors (Lipinski definition) is 1. The number of aryl methyl sites for hydroxylation is 2. The van der Waals surface area contributed by atoms with Crippen molar-refractivity contribution in [1.29, 1.82) is 0 Å². The summed E-state index contributed by atoms with van der Waals surface area (Å²) in [6.07, 6.45) is 1.10. The Morgan fingerprint density at radius 1 is 1.38 bits per heavy atom. The monoisotopic (exact) mass is 300 g/mol. The largest absolute Gasteiger partial charge is 0.389 e. The Balaban J connectivity index is 2.20. The zero-order chi connectivity index (χ0) is 15.1. The smallest absolute Gasteiger partial charge is 0.141 e. The number of nitrogens with two attached hydrogens (primary N) is 1. The molecule has 0 radical (unpaired) electrons. The van der Waals surface area contributed by atoms with Crippen LogP contribution in [0.25, 0.3) is 0 Å². The van der Waals surface area contributed by atoms with Crippen LogP contribution in [0.3, 0.4) is 0 Å². The predicted octanol–water partition coefficient (Wildman–Crippen LogP) is 2.69. The first-order valence-electron chi connectivity index (χ1n) is 7.18. The van der Waals surface area contributed by atoms with Crippen LogP contribution < -0.4 is 10.6 Å². The fraction of sp³-hybridized carbons (Fsp3) is 0.375. The second-order valence-electron chi connectivity index (χ2n) is 5.82. The maximum Gasteiger partial charge on any atom is 0.141 e. The van der Waals surface area contributed by atoms with Gasteiger partial charge >= 0.3 is 0 Å². The van der Waals surface area contributed by atoms with Gasteiger partial charge in [0.05, 0.1) is 11.3 Å². The molecular formula is C16H20N4S. The van der Waals surface area contributed by atoms with E-state index in [-0.39, 0.29) is 0 Å². The van der Waals surface area contributed by atoms with Gasteiger partial charge < -0.3 is 10.6 Å². The van der Waals surface area contributed by atoms with Crippen molar-refractivity contribution in [1.82, 2.24) is 9.78 Å². The highest BCUT2D eigenvalue weighted by atomic mass is 32.1. The number of nitrogens with zero attached hydrogens (tertiary/aromatic N) is 3. The van der Waals surface area contributed by atoms with E-state index in [1.54, 1.807) is 0 Å². The lowest BCUT2D eigenvalue weighted by Gasteiger charge is -2.35. The number of aromatic nitrogens is 2. The van der Waals surface area contributed by atoms with Gasteiger partial charge in [-0.2, -0.15) is 5.10 Å². The van der Waals surface area contributed by atoms with Gasteiger partial charge in [-0.05, 0) is 30.9 Å². The van der Waals surface area contributed by atoms with Crippen LogP contribution in [0.15, 0.2) is 24.3 Å². The summed E-state index contributed by atoms with van der Waals surface area (Å²) in [4.78, 5) is 2.71. The molecule has 0 saturated heterocycles. The van der Waals surface area contributed by atoms with Gasteiger partial charge in [0.25, 0.3) is 0 Å². The molecule has 3 rings (SSSR count). The van der Waals surface area contributed by atoms with Gasteiger partial charge in [0.15, 0.2) is 0 Å². The van der Waals surface area contributed by atoms with E-state index in [1.807, 2.05) is 18.7 Å². The molecule has 0 saturated carbocycles. The van der Waals surface area contributed by atoms with Crippen molar-refractivity contribution in [3.05, 3.63) is 41.1 Å². The lowest BCUT2D eigenvalue weighted by molar-refractivity contribution is 0.553. The van der Waals surface area contributed by atoms with Crippen molar-refractivity contribution in [3.63, 3.8) is 0 Å². The molecule has 0 fully saturated rings. The highest BCUT2D eigenvalue weighted by Crippen LogP contribution is 2.37. The molecular weight excluding hydrogens is 280 g/mol. The molecule has 4 nitrogen and oxygen atoms in total. The Hall–Kier alpha value is -1.88. The second-order valence-corrected chi connectivity index (χ2v) is 6.26. The molecule has 21 heavy (non-hydrogen) atoms. The molecule has 0 spiro atoms. The summed E-state index contributed by atoms with van der Waals surface area (Å²) >= 11 is 5.25. The van der Waals surface area contributed by atoms with Gasteiger partial charge in [0, 0.05) is 19.3 Å². The van der Waals surface area contributed by atoms with E-state index < -0.39 is 0 Å². The SMILES string of the molecule is Cc1nn(C)c(N2CC(C)Cc3ccccc32)c1C(N)=S. The summed E-state index contributed by atoms with van der Waals surface area (Å²) in [6, 6.07) is 8.53. The lowest BCUT2D eigenvalue weighted by Crippen LogP contribution is -2.33. The van der Waals surface area contributed by atoms with Crippen molar-refractivity contribution in [2.75, 3.05) is 11.4 Å². The number of benzene rings is 1. The average molecular weight is 300 g/mol. The molecule has 1 aliphatic heterocycles. The first-order chi connectivity index (χ1) is 9.99. The molecule has 1 aromatic heterocycles. The van der Waals surface area contributed by atoms with Crippen LogP contribution in [0.4, 0.5) is 11.5 Å². The highest BCUT2D eigenvalue weighted by molar-refractivity contribution is 7.80. The van der Waals surface area contributed by atoms with Crippen molar-refractivity contribution in [3.8, 4) is 0 Å². The first-order valence-corrected chi connectivity index (χ1v) is 7.58. The Labute approximate surface area is 130 Å². The Morgan fingerprint density at radius 2 is 2.10 bits per heavy atom. The van der Waals surface area contributed by atoms with Crippen LogP contribution in [-0.4, -0.2) is 21.3 Å². The number of para-hydroxylation sites is 1. The lowest BCUT2D eigenvalue weighted by atomic mass is 9.93. The predicted molar refractivity (Wildman–Crippen MR) is 90.1 cm³/mol. The molecule has 5 heteroatoms. The van der Waals surface area contributed by atoms with Gasteiger partial charge in [0.2, 0.25) is 0 Å². The minimum absolute atomic E-state index is 0.409. The van der Waals surface area contributed by atoms with Gasteiger partial charge in [-0.15, -0.1) is 0 Å². The second kappa shape index (κ2) is 5.15. The van der Waals surface area contributed by atoms with Crippen LogP contribution in [0.5, 0.6) is 0 Å². The zero-order valence-electron chi connectivity index (χ0n) is 12.6. The van der Waals surface area contributed by atoms with E-state index >= 15 is 0 Å². The molecule has 2 aromatic rings. The molecule has 1 aliphatic rings. The average Bonchev–Trinajstić information content (AvgIpc) is 2.72. The summed E-state index contributed by atoms with van der Waals surface area (Å²) in [5.74, 6) is 1.58. The van der Waals surface area contributed by atoms with E-state index in [2.05, 4.69) is 41.2 Å². The summed E-state index contributed by atoms with van der Waals surface area (Å²) in [7, 11) is 1.95. The minimum atomic E-state index is 0.409. The molecule has 0 amide bonds. The van der Waals surface area contributed by atoms with Crippen LogP contribution >= 0.6 is 12.2 Å². The van der Waals surface area contributed by atoms with Gasteiger partial charge in [-0.3, -0.25) is 4.68 Å². The maximum atomic E-state index is 5.94. The van der Waals surface area contributed by atoms with Crippen molar-refractivity contribution >= 4 is 28.7 Å². The van der Waals surface area contributed by atoms with E-state index in [1.165, 1.54) is 11.3 Å². The van der Waals surface area contributed by atoms with Crippen LogP contribution in [0.2, 0.25) is 0 Å². The maximum absolute atomic E-state index is 5.94. The summed E-state index contributed by atoms with van der Waals surface area (Å²) in [5.41, 5.74) is 10.3. The van der Waals surface area contributed by atoms with Crippen LogP contribution in [0, 0.1) is 12.8 Å². The quantitative estimate of drug-likeness (QED) is 0.866. The number of hydrogen-bond acceptors (Lipinski definition) is 3. The topological polar surface area (TPSA) is 47.1 Å². The van der Waals surface area contributed by atoms with E-state index in [0.717, 1.165) is 30.0 Å². The van der Waals surface area contributed by atoms with Crippen molar-refractivity contribution in [2.45, 2.75) is 20.3 Å². The standard InChI is InChI=1S/C16H20N4S/c1-10-8-12-6-4-5-7-13(12)20(9-10)16-14(15(17)21)11(2)18-19(16)3/h4-7,10H,8-9H2,1-3H3,(H2,17,21). The molecule has 0 bridgehead atoms. The fourth-order valence-corrected chi connectivity index (χ4v) is 3.48. The first kappa shape index (κ1) is 14.1. The normalized spacial score (nSPS) is 17.7. The fourth-order valence-electron chi connectivity index (χ4n) is 3.24. The molecule has 0 aliphatic carbocycles. The zero-order valence-corrected chi connectivity index (χ0v) is 13.4. The third kappa shape index (κ3) is 2.31. The Kier molecular flexibility index (Phi) is 3.45. The minimum Gasteiger partial charge on any atom is -0.389 e. The Morgan fingerprint density at radius 3 is 2.81 bits per heavy atom. The van der Waals surface area contributed by atoms with Crippen molar-refractivity contribution < 1.29 is 0 Å². The summed E-state index contributed by atoms with van der Waals surface area (Å²) < 4.78 is 1.89. The van der Waals surface area contributed by atoms with Crippen molar-refractivity contribution in [2.24, 2.45) is 18.7 Å². The van der Waals surface area contributed by atoms with Crippen LogP contribution in [-0.2, 0) is 13.5 Å². The number of fused-ring (bicyclic) bond motifs is 1. The molecule has 2 N–H and O–H groups in total. The molecule has 1 unspecified atom stereocenters. The van der Waals surface area contributed by atoms with Crippen LogP contribution in [0.1, 0.15) is 23.7 Å². The molecule has 2 heterocycles. The molecule has 1 aromatic carbocycles. The van der Waals surface area contributed by atoms with Gasteiger partial charge in [-0.1, -0.05) is 37.3 Å². The molecule has 110 valence electrons. The number of anilines is 2. The third-order valence-corrected chi connectivity index (χ3v) is 4.24. The highest BCUT2D eigenvalue weighted by Gasteiger charge is 2.28. The Bertz CT molecular complexity index is 704. The van der Waals surface area contributed by atoms with Gasteiger partial charge in [0.1, 0.15) is 10.8 Å². The summed E-state index contributed by atoms with van der Waals surface area (Å²) in [5, 5.41) is 4.51. The van der Waals surface area contributed by atoms with E-state index in [0.29, 0.717) is 10.9 Å². The van der Waals surface area contributed by atoms with Gasteiger partial charge in [-0.25, -0.2) is 0 Å². The third-order valence-electron chi connectivity index (χ3n) is 4.04. The number of thiocarbonyl (C=S) groups is 1. The number of rotatable bonds is 2. The summed E-state index contributed by atoms with van der Waals surface area (Å²) in [6.45, 7) is 5.18.